The van der Waals surface area contributed by atoms with Crippen molar-refractivity contribution < 1.29 is 18.8 Å². The molecule has 1 N–H and O–H groups in total. The Morgan fingerprint density at radius 1 is 1.15 bits per heavy atom. The Labute approximate surface area is 153 Å². The van der Waals surface area contributed by atoms with Gasteiger partial charge in [0.05, 0.1) is 24.2 Å². The summed E-state index contributed by atoms with van der Waals surface area (Å²) in [5.74, 6) is -0.615. The van der Waals surface area contributed by atoms with Gasteiger partial charge in [0.2, 0.25) is 0 Å². The van der Waals surface area contributed by atoms with Crippen LogP contribution in [-0.4, -0.2) is 37.9 Å². The summed E-state index contributed by atoms with van der Waals surface area (Å²) in [4.78, 5) is 10.8. The smallest absolute Gasteiger partial charge is 0.316 e. The van der Waals surface area contributed by atoms with Gasteiger partial charge in [-0.3, -0.25) is 9.00 Å². The summed E-state index contributed by atoms with van der Waals surface area (Å²) >= 11 is 0. The molecule has 1 heterocycles. The third-order valence-corrected chi connectivity index (χ3v) is 4.98. The normalized spacial score (nSPS) is 11.9. The molecule has 0 aliphatic rings. The van der Waals surface area contributed by atoms with Gasteiger partial charge in [0.15, 0.2) is 0 Å². The molecule has 2 aromatic carbocycles. The van der Waals surface area contributed by atoms with Crippen LogP contribution >= 0.6 is 0 Å². The van der Waals surface area contributed by atoms with Crippen LogP contribution in [0.4, 0.5) is 0 Å². The van der Waals surface area contributed by atoms with E-state index in [1.165, 1.54) is 0 Å². The Kier molecular flexibility index (Phi) is 5.48. The standard InChI is InChI=1S/C19H18N2O4S/c1-25-17-9-7-14(8-10-17)19-15(12-26(24)13-18(22)23)11-21(20-19)16-5-3-2-4-6-16/h2-11H,12-13H2,1H3,(H,22,23). The van der Waals surface area contributed by atoms with Crippen molar-refractivity contribution in [2.24, 2.45) is 0 Å². The number of hydrogen-bond acceptors (Lipinski definition) is 4. The molecule has 0 bridgehead atoms. The summed E-state index contributed by atoms with van der Waals surface area (Å²) in [6.45, 7) is 0. The van der Waals surface area contributed by atoms with Crippen molar-refractivity contribution in [2.75, 3.05) is 12.9 Å². The van der Waals surface area contributed by atoms with Crippen LogP contribution in [0.5, 0.6) is 5.75 Å². The van der Waals surface area contributed by atoms with Crippen molar-refractivity contribution in [1.82, 2.24) is 9.78 Å². The van der Waals surface area contributed by atoms with Crippen LogP contribution in [-0.2, 0) is 21.3 Å². The highest BCUT2D eigenvalue weighted by molar-refractivity contribution is 7.84. The first-order chi connectivity index (χ1) is 12.6. The lowest BCUT2D eigenvalue weighted by Crippen LogP contribution is -2.10. The summed E-state index contributed by atoms with van der Waals surface area (Å²) in [6, 6.07) is 17.0. The van der Waals surface area contributed by atoms with E-state index in [1.807, 2.05) is 54.6 Å². The van der Waals surface area contributed by atoms with E-state index in [9.17, 15) is 9.00 Å². The first kappa shape index (κ1) is 17.9. The Morgan fingerprint density at radius 2 is 1.85 bits per heavy atom. The minimum absolute atomic E-state index is 0.125. The molecule has 0 aliphatic heterocycles. The number of ether oxygens (including phenoxy) is 1. The van der Waals surface area contributed by atoms with Crippen LogP contribution in [0.2, 0.25) is 0 Å². The fraction of sp³-hybridized carbons (Fsp3) is 0.158. The van der Waals surface area contributed by atoms with Gasteiger partial charge in [0.1, 0.15) is 11.5 Å². The minimum atomic E-state index is -1.51. The zero-order chi connectivity index (χ0) is 18.5. The lowest BCUT2D eigenvalue weighted by molar-refractivity contribution is -0.133. The largest absolute Gasteiger partial charge is 0.497 e. The molecule has 0 saturated carbocycles. The summed E-state index contributed by atoms with van der Waals surface area (Å²) in [5, 5.41) is 13.5. The molecule has 1 atom stereocenters. The summed E-state index contributed by atoms with van der Waals surface area (Å²) in [5.41, 5.74) is 3.13. The molecular formula is C19H18N2O4S. The molecule has 134 valence electrons. The molecule has 3 aromatic rings. The lowest BCUT2D eigenvalue weighted by atomic mass is 10.1. The van der Waals surface area contributed by atoms with Crippen LogP contribution in [0.15, 0.2) is 60.8 Å². The molecule has 7 heteroatoms. The number of carbonyl (C=O) groups is 1. The van der Waals surface area contributed by atoms with E-state index in [1.54, 1.807) is 18.0 Å². The Balaban J connectivity index is 2.00. The average Bonchev–Trinajstić information content (AvgIpc) is 3.05. The molecule has 0 spiro atoms. The van der Waals surface area contributed by atoms with Crippen LogP contribution in [0.1, 0.15) is 5.56 Å². The van der Waals surface area contributed by atoms with Crippen molar-refractivity contribution in [3.8, 4) is 22.7 Å². The first-order valence-electron chi connectivity index (χ1n) is 7.92. The van der Waals surface area contributed by atoms with Crippen molar-refractivity contribution >= 4 is 16.8 Å². The third kappa shape index (κ3) is 4.18. The molecule has 0 fully saturated rings. The van der Waals surface area contributed by atoms with E-state index in [2.05, 4.69) is 5.10 Å². The number of hydrogen-bond donors (Lipinski definition) is 1. The van der Waals surface area contributed by atoms with E-state index < -0.39 is 22.5 Å². The van der Waals surface area contributed by atoms with Gasteiger partial charge in [0.25, 0.3) is 0 Å². The predicted molar refractivity (Wildman–Crippen MR) is 99.9 cm³/mol. The number of benzene rings is 2. The van der Waals surface area contributed by atoms with Crippen LogP contribution < -0.4 is 4.74 Å². The lowest BCUT2D eigenvalue weighted by Gasteiger charge is -2.04. The number of carboxylic acids is 1. The average molecular weight is 370 g/mol. The Bertz CT molecular complexity index is 920. The Morgan fingerprint density at radius 3 is 2.46 bits per heavy atom. The van der Waals surface area contributed by atoms with Crippen LogP contribution in [0.25, 0.3) is 16.9 Å². The second-order valence-corrected chi connectivity index (χ2v) is 7.09. The fourth-order valence-corrected chi connectivity index (χ4v) is 3.52. The topological polar surface area (TPSA) is 81.4 Å². The van der Waals surface area contributed by atoms with Gasteiger partial charge >= 0.3 is 5.97 Å². The summed E-state index contributed by atoms with van der Waals surface area (Å²) in [6.07, 6.45) is 1.80. The highest BCUT2D eigenvalue weighted by Crippen LogP contribution is 2.26. The highest BCUT2D eigenvalue weighted by Gasteiger charge is 2.16. The van der Waals surface area contributed by atoms with Crippen molar-refractivity contribution in [2.45, 2.75) is 5.75 Å². The first-order valence-corrected chi connectivity index (χ1v) is 9.41. The molecule has 3 rings (SSSR count). The molecule has 0 saturated heterocycles. The molecule has 0 aliphatic carbocycles. The van der Waals surface area contributed by atoms with Crippen molar-refractivity contribution in [3.05, 3.63) is 66.4 Å². The van der Waals surface area contributed by atoms with Gasteiger partial charge in [-0.2, -0.15) is 5.10 Å². The van der Waals surface area contributed by atoms with Gasteiger partial charge in [0, 0.05) is 28.1 Å². The van der Waals surface area contributed by atoms with Gasteiger partial charge in [-0.15, -0.1) is 0 Å². The second kappa shape index (κ2) is 7.97. The molecule has 0 amide bonds. The van der Waals surface area contributed by atoms with E-state index in [0.29, 0.717) is 5.69 Å². The molecule has 0 radical (unpaired) electrons. The molecule has 26 heavy (non-hydrogen) atoms. The maximum Gasteiger partial charge on any atom is 0.316 e. The van der Waals surface area contributed by atoms with E-state index in [0.717, 1.165) is 22.6 Å². The minimum Gasteiger partial charge on any atom is -0.497 e. The van der Waals surface area contributed by atoms with E-state index in [4.69, 9.17) is 9.84 Å². The highest BCUT2D eigenvalue weighted by atomic mass is 32.2. The summed E-state index contributed by atoms with van der Waals surface area (Å²) in [7, 11) is 0.0851. The van der Waals surface area contributed by atoms with Crippen molar-refractivity contribution in [3.63, 3.8) is 0 Å². The SMILES string of the molecule is COc1ccc(-c2nn(-c3ccccc3)cc2CS(=O)CC(=O)O)cc1. The third-order valence-electron chi connectivity index (χ3n) is 3.78. The molecule has 1 aromatic heterocycles. The quantitative estimate of drug-likeness (QED) is 0.692. The zero-order valence-electron chi connectivity index (χ0n) is 14.2. The number of methoxy groups -OCH3 is 1. The summed E-state index contributed by atoms with van der Waals surface area (Å²) < 4.78 is 19.0. The predicted octanol–water partition coefficient (Wildman–Crippen LogP) is 2.88. The van der Waals surface area contributed by atoms with Crippen LogP contribution in [0.3, 0.4) is 0 Å². The monoisotopic (exact) mass is 370 g/mol. The number of carboxylic acid groups (broad SMARTS) is 1. The zero-order valence-corrected chi connectivity index (χ0v) is 15.0. The number of nitrogens with zero attached hydrogens (tertiary/aromatic N) is 2. The van der Waals surface area contributed by atoms with Gasteiger partial charge in [-0.1, -0.05) is 18.2 Å². The number of aromatic nitrogens is 2. The molecule has 1 unspecified atom stereocenters. The van der Waals surface area contributed by atoms with Crippen molar-refractivity contribution in [1.29, 1.82) is 0 Å². The molecule has 6 nitrogen and oxygen atoms in total. The number of aliphatic carboxylic acids is 1. The molecular weight excluding hydrogens is 352 g/mol. The van der Waals surface area contributed by atoms with Crippen LogP contribution in [0, 0.1) is 0 Å². The fourth-order valence-electron chi connectivity index (χ4n) is 2.58. The maximum absolute atomic E-state index is 12.1. The maximum atomic E-state index is 12.1. The number of para-hydroxylation sites is 1. The van der Waals surface area contributed by atoms with E-state index in [-0.39, 0.29) is 5.75 Å². The second-order valence-electron chi connectivity index (χ2n) is 5.63. The van der Waals surface area contributed by atoms with Gasteiger partial charge in [-0.05, 0) is 36.4 Å². The van der Waals surface area contributed by atoms with E-state index >= 15 is 0 Å². The number of rotatable bonds is 7. The van der Waals surface area contributed by atoms with Gasteiger partial charge < -0.3 is 9.84 Å². The van der Waals surface area contributed by atoms with Gasteiger partial charge in [-0.25, -0.2) is 4.68 Å². The Hall–Kier alpha value is -2.93.